The van der Waals surface area contributed by atoms with Crippen molar-refractivity contribution >= 4 is 43.6 Å². The number of aromatic amines is 2. The Morgan fingerprint density at radius 1 is 0.433 bits per heavy atom. The number of hydrogen-bond acceptors (Lipinski definition) is 0. The molecule has 2 heteroatoms. The van der Waals surface area contributed by atoms with Crippen LogP contribution in [0.2, 0.25) is 0 Å². The molecule has 0 bridgehead atoms. The molecule has 2 heterocycles. The van der Waals surface area contributed by atoms with E-state index in [9.17, 15) is 0 Å². The first kappa shape index (κ1) is 16.5. The minimum atomic E-state index is 0.960. The van der Waals surface area contributed by atoms with Gasteiger partial charge < -0.3 is 9.97 Å². The molecule has 30 heavy (non-hydrogen) atoms. The monoisotopic (exact) mass is 380 g/mol. The predicted molar refractivity (Wildman–Crippen MR) is 125 cm³/mol. The van der Waals surface area contributed by atoms with Gasteiger partial charge >= 0.3 is 0 Å². The van der Waals surface area contributed by atoms with Gasteiger partial charge in [0.05, 0.1) is 11.0 Å². The van der Waals surface area contributed by atoms with Crippen molar-refractivity contribution in [2.24, 2.45) is 0 Å². The lowest BCUT2D eigenvalue weighted by atomic mass is 10.1. The number of hydrogen-bond donors (Lipinski definition) is 2. The first-order valence-electron chi connectivity index (χ1n) is 9.89. The molecule has 0 aliphatic rings. The molecule has 0 spiro atoms. The summed E-state index contributed by atoms with van der Waals surface area (Å²) in [5, 5.41) is 4.81. The molecular weight excluding hydrogens is 364 g/mol. The third-order valence-corrected chi connectivity index (χ3v) is 5.54. The third kappa shape index (κ3) is 2.56. The fourth-order valence-corrected chi connectivity index (χ4v) is 4.15. The average Bonchev–Trinajstić information content (AvgIpc) is 3.36. The van der Waals surface area contributed by atoms with Gasteiger partial charge in [0.1, 0.15) is 0 Å². The maximum Gasteiger partial charge on any atom is 0.0624 e. The Hall–Kier alpha value is -4.40. The van der Waals surface area contributed by atoms with Crippen LogP contribution in [0.25, 0.3) is 43.6 Å². The van der Waals surface area contributed by atoms with Gasteiger partial charge in [0, 0.05) is 43.7 Å². The van der Waals surface area contributed by atoms with E-state index in [1.54, 1.807) is 0 Å². The molecule has 0 aliphatic carbocycles. The van der Waals surface area contributed by atoms with Crippen LogP contribution in [-0.4, -0.2) is 9.97 Å². The lowest BCUT2D eigenvalue weighted by Crippen LogP contribution is -1.78. The van der Waals surface area contributed by atoms with Crippen LogP contribution >= 0.6 is 0 Å². The van der Waals surface area contributed by atoms with Gasteiger partial charge in [-0.15, -0.1) is 0 Å². The normalized spacial score (nSPS) is 10.8. The second-order valence-electron chi connectivity index (χ2n) is 7.30. The van der Waals surface area contributed by atoms with Crippen molar-refractivity contribution in [3.8, 4) is 23.7 Å². The van der Waals surface area contributed by atoms with E-state index in [1.165, 1.54) is 21.5 Å². The summed E-state index contributed by atoms with van der Waals surface area (Å²) in [7, 11) is 0. The summed E-state index contributed by atoms with van der Waals surface area (Å²) in [6.45, 7) is 0. The smallest absolute Gasteiger partial charge is 0.0624 e. The SMILES string of the molecule is C(C#Cc1cccc2c1[nH]c1ccccc12)#Cc1cccc2c1[nH]c1ccccc12. The zero-order valence-corrected chi connectivity index (χ0v) is 16.1. The lowest BCUT2D eigenvalue weighted by molar-refractivity contribution is 1.53. The number of benzene rings is 4. The van der Waals surface area contributed by atoms with E-state index in [4.69, 9.17) is 0 Å². The van der Waals surface area contributed by atoms with Crippen LogP contribution in [0.1, 0.15) is 11.1 Å². The molecule has 0 radical (unpaired) electrons. The molecule has 0 atom stereocenters. The lowest BCUT2D eigenvalue weighted by Gasteiger charge is -1.94. The summed E-state index contributed by atoms with van der Waals surface area (Å²) in [5.74, 6) is 12.5. The van der Waals surface area contributed by atoms with Crippen molar-refractivity contribution in [1.29, 1.82) is 0 Å². The molecule has 0 unspecified atom stereocenters. The van der Waals surface area contributed by atoms with Gasteiger partial charge in [-0.2, -0.15) is 0 Å². The summed E-state index contributed by atoms with van der Waals surface area (Å²) in [6, 6.07) is 29.1. The summed E-state index contributed by atoms with van der Waals surface area (Å²) in [6.07, 6.45) is 0. The first-order valence-corrected chi connectivity index (χ1v) is 9.89. The fraction of sp³-hybridized carbons (Fsp3) is 0. The van der Waals surface area contributed by atoms with Crippen molar-refractivity contribution in [3.05, 3.63) is 96.1 Å². The molecule has 0 amide bonds. The minimum Gasteiger partial charge on any atom is -0.353 e. The Balaban J connectivity index is 1.43. The zero-order chi connectivity index (χ0) is 19.9. The van der Waals surface area contributed by atoms with E-state index in [-0.39, 0.29) is 0 Å². The van der Waals surface area contributed by atoms with Gasteiger partial charge in [-0.1, -0.05) is 72.5 Å². The highest BCUT2D eigenvalue weighted by Gasteiger charge is 2.06. The van der Waals surface area contributed by atoms with Crippen LogP contribution in [0, 0.1) is 23.7 Å². The average molecular weight is 380 g/mol. The van der Waals surface area contributed by atoms with Crippen LogP contribution in [0.15, 0.2) is 84.9 Å². The zero-order valence-electron chi connectivity index (χ0n) is 16.1. The van der Waals surface area contributed by atoms with Crippen molar-refractivity contribution in [2.75, 3.05) is 0 Å². The Morgan fingerprint density at radius 3 is 1.37 bits per heavy atom. The van der Waals surface area contributed by atoms with Crippen LogP contribution in [0.4, 0.5) is 0 Å². The summed E-state index contributed by atoms with van der Waals surface area (Å²) in [5.41, 5.74) is 6.29. The van der Waals surface area contributed by atoms with Crippen molar-refractivity contribution in [3.63, 3.8) is 0 Å². The molecule has 6 rings (SSSR count). The molecule has 0 saturated carbocycles. The Labute approximate surface area is 173 Å². The highest BCUT2D eigenvalue weighted by Crippen LogP contribution is 2.28. The van der Waals surface area contributed by atoms with Gasteiger partial charge in [0.25, 0.3) is 0 Å². The van der Waals surface area contributed by atoms with Crippen LogP contribution in [-0.2, 0) is 0 Å². The highest BCUT2D eigenvalue weighted by molar-refractivity contribution is 6.09. The molecule has 2 aromatic heterocycles. The van der Waals surface area contributed by atoms with Crippen molar-refractivity contribution in [1.82, 2.24) is 9.97 Å². The van der Waals surface area contributed by atoms with E-state index in [0.29, 0.717) is 0 Å². The number of H-pyrrole nitrogens is 2. The van der Waals surface area contributed by atoms with E-state index in [1.807, 2.05) is 36.4 Å². The second kappa shape index (κ2) is 6.59. The van der Waals surface area contributed by atoms with Crippen molar-refractivity contribution in [2.45, 2.75) is 0 Å². The fourth-order valence-electron chi connectivity index (χ4n) is 4.15. The highest BCUT2D eigenvalue weighted by atomic mass is 14.7. The van der Waals surface area contributed by atoms with Crippen LogP contribution < -0.4 is 0 Å². The van der Waals surface area contributed by atoms with Crippen molar-refractivity contribution < 1.29 is 0 Å². The van der Waals surface area contributed by atoms with Gasteiger partial charge in [-0.25, -0.2) is 0 Å². The molecule has 0 fully saturated rings. The summed E-state index contributed by atoms with van der Waals surface area (Å²) >= 11 is 0. The maximum atomic E-state index is 3.49. The molecular formula is C28H16N2. The van der Waals surface area contributed by atoms with E-state index in [2.05, 4.69) is 82.2 Å². The number of rotatable bonds is 0. The van der Waals surface area contributed by atoms with E-state index < -0.39 is 0 Å². The minimum absolute atomic E-state index is 0.960. The van der Waals surface area contributed by atoms with Gasteiger partial charge in [-0.05, 0) is 36.1 Å². The van der Waals surface area contributed by atoms with Crippen LogP contribution in [0.3, 0.4) is 0 Å². The largest absolute Gasteiger partial charge is 0.353 e. The quantitative estimate of drug-likeness (QED) is 0.287. The number of fused-ring (bicyclic) bond motifs is 6. The Bertz CT molecular complexity index is 1580. The number of aromatic nitrogens is 2. The first-order chi connectivity index (χ1) is 14.9. The summed E-state index contributed by atoms with van der Waals surface area (Å²) < 4.78 is 0. The van der Waals surface area contributed by atoms with Gasteiger partial charge in [0.2, 0.25) is 0 Å². The van der Waals surface area contributed by atoms with Crippen LogP contribution in [0.5, 0.6) is 0 Å². The molecule has 4 aromatic carbocycles. The summed E-state index contributed by atoms with van der Waals surface area (Å²) in [4.78, 5) is 6.98. The topological polar surface area (TPSA) is 31.6 Å². The molecule has 2 nitrogen and oxygen atoms in total. The predicted octanol–water partition coefficient (Wildman–Crippen LogP) is 6.36. The van der Waals surface area contributed by atoms with Gasteiger partial charge in [0.15, 0.2) is 0 Å². The Morgan fingerprint density at radius 2 is 0.867 bits per heavy atom. The second-order valence-corrected chi connectivity index (χ2v) is 7.30. The maximum absolute atomic E-state index is 3.49. The van der Waals surface area contributed by atoms with E-state index in [0.717, 1.165) is 33.2 Å². The number of nitrogens with one attached hydrogen (secondary N) is 2. The molecule has 2 N–H and O–H groups in total. The molecule has 138 valence electrons. The number of para-hydroxylation sites is 4. The molecule has 6 aromatic rings. The van der Waals surface area contributed by atoms with E-state index >= 15 is 0 Å². The third-order valence-electron chi connectivity index (χ3n) is 5.54. The molecule has 0 saturated heterocycles. The Kier molecular flexibility index (Phi) is 3.63. The standard InChI is InChI=1S/C28H16N2/c1(9-19-11-7-15-23-21-13-3-5-17-25(21)29-27(19)23)2-10-20-12-8-16-24-22-14-4-6-18-26(22)30-28(20)24/h3-8,11-18,29-30H. The molecule has 0 aliphatic heterocycles. The van der Waals surface area contributed by atoms with Gasteiger partial charge in [-0.3, -0.25) is 0 Å².